The molecule has 0 saturated heterocycles. The van der Waals surface area contributed by atoms with Gasteiger partial charge in [0.05, 0.1) is 6.33 Å². The number of nitrogens with zero attached hydrogens (tertiary/aromatic N) is 2. The van der Waals surface area contributed by atoms with Crippen LogP contribution in [-0.4, -0.2) is 21.5 Å². The maximum absolute atomic E-state index is 11.8. The number of carbonyl (C=O) groups is 1. The third-order valence-electron chi connectivity index (χ3n) is 2.61. The minimum Gasteiger partial charge on any atom is -0.351 e. The number of nitrogens with two attached hydrogens (primary N) is 1. The molecule has 0 bridgehead atoms. The Balaban J connectivity index is 1.81. The molecular formula is C13H16N4O. The van der Waals surface area contributed by atoms with Gasteiger partial charge in [0.15, 0.2) is 0 Å². The van der Waals surface area contributed by atoms with E-state index in [2.05, 4.69) is 10.3 Å². The summed E-state index contributed by atoms with van der Waals surface area (Å²) < 4.78 is 1.78. The zero-order valence-corrected chi connectivity index (χ0v) is 9.99. The van der Waals surface area contributed by atoms with Crippen LogP contribution in [0.4, 0.5) is 0 Å². The van der Waals surface area contributed by atoms with E-state index in [1.54, 1.807) is 23.3 Å². The first-order chi connectivity index (χ1) is 8.75. The summed E-state index contributed by atoms with van der Waals surface area (Å²) in [6.07, 6.45) is 5.09. The normalized spacial score (nSPS) is 12.1. The molecule has 0 unspecified atom stereocenters. The van der Waals surface area contributed by atoms with Crippen molar-refractivity contribution in [2.75, 3.05) is 0 Å². The van der Waals surface area contributed by atoms with Gasteiger partial charge in [0.1, 0.15) is 6.04 Å². The van der Waals surface area contributed by atoms with Gasteiger partial charge in [-0.25, -0.2) is 4.98 Å². The number of carbonyl (C=O) groups excluding carboxylic acids is 1. The summed E-state index contributed by atoms with van der Waals surface area (Å²) in [5, 5.41) is 2.81. The average Bonchev–Trinajstić information content (AvgIpc) is 2.90. The van der Waals surface area contributed by atoms with Gasteiger partial charge < -0.3 is 15.6 Å². The highest BCUT2D eigenvalue weighted by molar-refractivity contribution is 5.81. The predicted octanol–water partition coefficient (Wildman–Crippen LogP) is 0.527. The van der Waals surface area contributed by atoms with E-state index in [0.717, 1.165) is 5.56 Å². The highest BCUT2D eigenvalue weighted by Crippen LogP contribution is 1.98. The van der Waals surface area contributed by atoms with Gasteiger partial charge in [-0.2, -0.15) is 0 Å². The Morgan fingerprint density at radius 3 is 2.83 bits per heavy atom. The van der Waals surface area contributed by atoms with Crippen molar-refractivity contribution >= 4 is 5.91 Å². The summed E-state index contributed by atoms with van der Waals surface area (Å²) in [6.45, 7) is 0.928. The van der Waals surface area contributed by atoms with Crippen LogP contribution in [0, 0.1) is 0 Å². The number of amides is 1. The number of rotatable bonds is 5. The second-order valence-corrected chi connectivity index (χ2v) is 4.07. The predicted molar refractivity (Wildman–Crippen MR) is 68.5 cm³/mol. The standard InChI is InChI=1S/C13H16N4O/c14-12(9-17-7-6-15-10-17)13(18)16-8-11-4-2-1-3-5-11/h1-7,10,12H,8-9,14H2,(H,16,18)/t12-/m0/s1. The average molecular weight is 244 g/mol. The highest BCUT2D eigenvalue weighted by Gasteiger charge is 2.13. The van der Waals surface area contributed by atoms with Crippen molar-refractivity contribution in [1.82, 2.24) is 14.9 Å². The first-order valence-corrected chi connectivity index (χ1v) is 5.78. The number of hydrogen-bond donors (Lipinski definition) is 2. The Morgan fingerprint density at radius 1 is 1.39 bits per heavy atom. The van der Waals surface area contributed by atoms with Crippen LogP contribution in [-0.2, 0) is 17.9 Å². The van der Waals surface area contributed by atoms with Crippen LogP contribution in [0.1, 0.15) is 5.56 Å². The summed E-state index contributed by atoms with van der Waals surface area (Å²) in [4.78, 5) is 15.7. The molecular weight excluding hydrogens is 228 g/mol. The Labute approximate surface area is 106 Å². The lowest BCUT2D eigenvalue weighted by Crippen LogP contribution is -2.42. The maximum Gasteiger partial charge on any atom is 0.239 e. The van der Waals surface area contributed by atoms with Crippen molar-refractivity contribution in [1.29, 1.82) is 0 Å². The van der Waals surface area contributed by atoms with Gasteiger partial charge in [-0.05, 0) is 5.56 Å². The molecule has 1 amide bonds. The van der Waals surface area contributed by atoms with Crippen LogP contribution in [0.15, 0.2) is 49.1 Å². The molecule has 1 aromatic heterocycles. The molecule has 0 radical (unpaired) electrons. The zero-order chi connectivity index (χ0) is 12.8. The molecule has 0 fully saturated rings. The monoisotopic (exact) mass is 244 g/mol. The van der Waals surface area contributed by atoms with Crippen molar-refractivity contribution in [2.45, 2.75) is 19.1 Å². The molecule has 1 atom stereocenters. The number of hydrogen-bond acceptors (Lipinski definition) is 3. The van der Waals surface area contributed by atoms with E-state index in [9.17, 15) is 4.79 Å². The van der Waals surface area contributed by atoms with Gasteiger partial charge in [0.2, 0.25) is 5.91 Å². The number of aromatic nitrogens is 2. The molecule has 0 aliphatic carbocycles. The molecule has 18 heavy (non-hydrogen) atoms. The van der Waals surface area contributed by atoms with E-state index in [0.29, 0.717) is 13.1 Å². The molecule has 2 aromatic rings. The second-order valence-electron chi connectivity index (χ2n) is 4.07. The summed E-state index contributed by atoms with van der Waals surface area (Å²) in [5.41, 5.74) is 6.87. The van der Waals surface area contributed by atoms with E-state index in [-0.39, 0.29) is 5.91 Å². The lowest BCUT2D eigenvalue weighted by Gasteiger charge is -2.12. The molecule has 1 heterocycles. The van der Waals surface area contributed by atoms with Crippen molar-refractivity contribution in [3.8, 4) is 0 Å². The Morgan fingerprint density at radius 2 is 2.17 bits per heavy atom. The van der Waals surface area contributed by atoms with Gasteiger partial charge >= 0.3 is 0 Å². The van der Waals surface area contributed by atoms with Gasteiger partial charge in [0, 0.05) is 25.5 Å². The minimum absolute atomic E-state index is 0.160. The third-order valence-corrected chi connectivity index (χ3v) is 2.61. The third kappa shape index (κ3) is 3.43. The Bertz CT molecular complexity index is 481. The van der Waals surface area contributed by atoms with E-state index >= 15 is 0 Å². The van der Waals surface area contributed by atoms with Crippen LogP contribution in [0.5, 0.6) is 0 Å². The summed E-state index contributed by atoms with van der Waals surface area (Å²) >= 11 is 0. The van der Waals surface area contributed by atoms with Crippen LogP contribution in [0.3, 0.4) is 0 Å². The topological polar surface area (TPSA) is 72.9 Å². The molecule has 0 spiro atoms. The molecule has 1 aromatic carbocycles. The van der Waals surface area contributed by atoms with Crippen molar-refractivity contribution in [3.05, 3.63) is 54.6 Å². The molecule has 0 aliphatic rings. The Kier molecular flexibility index (Phi) is 4.09. The minimum atomic E-state index is -0.567. The lowest BCUT2D eigenvalue weighted by molar-refractivity contribution is -0.122. The van der Waals surface area contributed by atoms with E-state index < -0.39 is 6.04 Å². The van der Waals surface area contributed by atoms with Crippen LogP contribution in [0.25, 0.3) is 0 Å². The molecule has 5 heteroatoms. The van der Waals surface area contributed by atoms with Crippen molar-refractivity contribution in [2.24, 2.45) is 5.73 Å². The van der Waals surface area contributed by atoms with Crippen molar-refractivity contribution < 1.29 is 4.79 Å². The summed E-state index contributed by atoms with van der Waals surface area (Å²) in [6, 6.07) is 9.17. The second kappa shape index (κ2) is 5.97. The molecule has 3 N–H and O–H groups in total. The largest absolute Gasteiger partial charge is 0.351 e. The quantitative estimate of drug-likeness (QED) is 0.805. The molecule has 94 valence electrons. The van der Waals surface area contributed by atoms with Crippen LogP contribution in [0.2, 0.25) is 0 Å². The first-order valence-electron chi connectivity index (χ1n) is 5.78. The van der Waals surface area contributed by atoms with E-state index in [4.69, 9.17) is 5.73 Å². The van der Waals surface area contributed by atoms with Crippen LogP contribution < -0.4 is 11.1 Å². The molecule has 2 rings (SSSR count). The first kappa shape index (κ1) is 12.3. The van der Waals surface area contributed by atoms with E-state index in [1.165, 1.54) is 0 Å². The fourth-order valence-corrected chi connectivity index (χ4v) is 1.62. The molecule has 0 aliphatic heterocycles. The summed E-state index contributed by atoms with van der Waals surface area (Å²) in [7, 11) is 0. The number of benzene rings is 1. The highest BCUT2D eigenvalue weighted by atomic mass is 16.2. The number of imidazole rings is 1. The van der Waals surface area contributed by atoms with Crippen molar-refractivity contribution in [3.63, 3.8) is 0 Å². The zero-order valence-electron chi connectivity index (χ0n) is 9.99. The van der Waals surface area contributed by atoms with Gasteiger partial charge in [-0.1, -0.05) is 30.3 Å². The van der Waals surface area contributed by atoms with Gasteiger partial charge in [-0.15, -0.1) is 0 Å². The fourth-order valence-electron chi connectivity index (χ4n) is 1.62. The SMILES string of the molecule is N[C@@H](Cn1ccnc1)C(=O)NCc1ccccc1. The Hall–Kier alpha value is -2.14. The molecule has 5 nitrogen and oxygen atoms in total. The van der Waals surface area contributed by atoms with Gasteiger partial charge in [-0.3, -0.25) is 4.79 Å². The smallest absolute Gasteiger partial charge is 0.239 e. The van der Waals surface area contributed by atoms with E-state index in [1.807, 2.05) is 30.3 Å². The fraction of sp³-hybridized carbons (Fsp3) is 0.231. The summed E-state index contributed by atoms with van der Waals surface area (Å²) in [5.74, 6) is -0.160. The number of nitrogens with one attached hydrogen (secondary N) is 1. The lowest BCUT2D eigenvalue weighted by atomic mass is 10.2. The van der Waals surface area contributed by atoms with Crippen LogP contribution >= 0.6 is 0 Å². The van der Waals surface area contributed by atoms with Gasteiger partial charge in [0.25, 0.3) is 0 Å². The molecule has 0 saturated carbocycles. The maximum atomic E-state index is 11.8.